The number of rotatable bonds is 4. The van der Waals surface area contributed by atoms with Gasteiger partial charge in [0.2, 0.25) is 0 Å². The lowest BCUT2D eigenvalue weighted by Crippen LogP contribution is -2.26. The maximum atomic E-state index is 5.46. The third-order valence-electron chi connectivity index (χ3n) is 2.93. The van der Waals surface area contributed by atoms with Crippen molar-refractivity contribution >= 4 is 0 Å². The van der Waals surface area contributed by atoms with Crippen LogP contribution in [0.15, 0.2) is 0 Å². The molecule has 2 N–H and O–H groups in total. The first-order valence-electron chi connectivity index (χ1n) is 5.05. The van der Waals surface area contributed by atoms with Gasteiger partial charge < -0.3 is 10.5 Å². The molecule has 0 saturated carbocycles. The van der Waals surface area contributed by atoms with E-state index in [9.17, 15) is 0 Å². The highest BCUT2D eigenvalue weighted by Crippen LogP contribution is 2.34. The summed E-state index contributed by atoms with van der Waals surface area (Å²) in [7, 11) is 0. The lowest BCUT2D eigenvalue weighted by Gasteiger charge is -2.33. The second kappa shape index (κ2) is 4.83. The van der Waals surface area contributed by atoms with Crippen molar-refractivity contribution in [1.82, 2.24) is 0 Å². The molecule has 0 amide bonds. The van der Waals surface area contributed by atoms with Crippen molar-refractivity contribution in [3.8, 4) is 0 Å². The summed E-state index contributed by atoms with van der Waals surface area (Å²) in [6.07, 6.45) is 6.26. The minimum absolute atomic E-state index is 0.549. The van der Waals surface area contributed by atoms with Gasteiger partial charge in [-0.1, -0.05) is 13.3 Å². The topological polar surface area (TPSA) is 35.2 Å². The van der Waals surface area contributed by atoms with Gasteiger partial charge in [0, 0.05) is 13.2 Å². The molecule has 0 bridgehead atoms. The van der Waals surface area contributed by atoms with Gasteiger partial charge in [-0.25, -0.2) is 0 Å². The van der Waals surface area contributed by atoms with Crippen LogP contribution in [0.2, 0.25) is 0 Å². The molecular weight excluding hydrogens is 150 g/mol. The normalized spacial score (nSPS) is 22.5. The molecule has 1 fully saturated rings. The zero-order valence-electron chi connectivity index (χ0n) is 8.14. The fourth-order valence-electron chi connectivity index (χ4n) is 1.81. The Kier molecular flexibility index (Phi) is 4.02. The molecule has 0 aliphatic carbocycles. The van der Waals surface area contributed by atoms with Crippen LogP contribution in [-0.2, 0) is 4.74 Å². The number of ether oxygens (including phenoxy) is 1. The molecule has 0 atom stereocenters. The molecule has 2 nitrogen and oxygen atoms in total. The molecule has 12 heavy (non-hydrogen) atoms. The highest BCUT2D eigenvalue weighted by atomic mass is 16.5. The van der Waals surface area contributed by atoms with Gasteiger partial charge in [-0.05, 0) is 37.6 Å². The van der Waals surface area contributed by atoms with Crippen molar-refractivity contribution in [2.24, 2.45) is 11.1 Å². The second-order valence-corrected chi connectivity index (χ2v) is 4.17. The Morgan fingerprint density at radius 2 is 1.92 bits per heavy atom. The Bertz CT molecular complexity index is 119. The second-order valence-electron chi connectivity index (χ2n) is 4.17. The fourth-order valence-corrected chi connectivity index (χ4v) is 1.81. The Balaban J connectivity index is 2.17. The van der Waals surface area contributed by atoms with Gasteiger partial charge in [-0.2, -0.15) is 0 Å². The first kappa shape index (κ1) is 10.0. The zero-order valence-corrected chi connectivity index (χ0v) is 8.14. The Hall–Kier alpha value is -0.0800. The van der Waals surface area contributed by atoms with Crippen LogP contribution in [0.3, 0.4) is 0 Å². The average molecular weight is 171 g/mol. The molecule has 1 rings (SSSR count). The molecule has 72 valence electrons. The van der Waals surface area contributed by atoms with E-state index in [0.717, 1.165) is 19.8 Å². The van der Waals surface area contributed by atoms with Gasteiger partial charge in [0.05, 0.1) is 0 Å². The summed E-state index contributed by atoms with van der Waals surface area (Å²) in [6.45, 7) is 5.14. The fraction of sp³-hybridized carbons (Fsp3) is 1.00. The summed E-state index contributed by atoms with van der Waals surface area (Å²) < 4.78 is 5.35. The van der Waals surface area contributed by atoms with Crippen LogP contribution < -0.4 is 5.73 Å². The van der Waals surface area contributed by atoms with Gasteiger partial charge in [0.25, 0.3) is 0 Å². The Morgan fingerprint density at radius 1 is 1.25 bits per heavy atom. The number of hydrogen-bond donors (Lipinski definition) is 1. The van der Waals surface area contributed by atoms with E-state index in [1.54, 1.807) is 0 Å². The molecule has 0 unspecified atom stereocenters. The summed E-state index contributed by atoms with van der Waals surface area (Å²) in [5.74, 6) is 0. The van der Waals surface area contributed by atoms with Crippen LogP contribution in [0.5, 0.6) is 0 Å². The molecule has 0 radical (unpaired) electrons. The van der Waals surface area contributed by atoms with Crippen molar-refractivity contribution in [3.05, 3.63) is 0 Å². The summed E-state index contributed by atoms with van der Waals surface area (Å²) in [5, 5.41) is 0. The summed E-state index contributed by atoms with van der Waals surface area (Å²) in [4.78, 5) is 0. The quantitative estimate of drug-likeness (QED) is 0.656. The lowest BCUT2D eigenvalue weighted by molar-refractivity contribution is 0.0187. The van der Waals surface area contributed by atoms with E-state index in [0.29, 0.717) is 5.41 Å². The predicted octanol–water partition coefficient (Wildman–Crippen LogP) is 1.93. The van der Waals surface area contributed by atoms with Crippen LogP contribution >= 0.6 is 0 Å². The minimum Gasteiger partial charge on any atom is -0.381 e. The highest BCUT2D eigenvalue weighted by Gasteiger charge is 2.26. The Labute approximate surface area is 75.5 Å². The summed E-state index contributed by atoms with van der Waals surface area (Å²) in [6, 6.07) is 0. The molecule has 1 heterocycles. The lowest BCUT2D eigenvalue weighted by atomic mass is 9.78. The SMILES string of the molecule is CC1(CCCCN)CCOCC1. The molecule has 0 aromatic heterocycles. The molecule has 1 aliphatic rings. The predicted molar refractivity (Wildman–Crippen MR) is 51.1 cm³/mol. The summed E-state index contributed by atoms with van der Waals surface area (Å²) in [5.41, 5.74) is 6.01. The number of nitrogens with two attached hydrogens (primary N) is 1. The molecular formula is C10H21NO. The van der Waals surface area contributed by atoms with Crippen molar-refractivity contribution in [1.29, 1.82) is 0 Å². The van der Waals surface area contributed by atoms with Crippen molar-refractivity contribution in [3.63, 3.8) is 0 Å². The van der Waals surface area contributed by atoms with Crippen molar-refractivity contribution in [2.75, 3.05) is 19.8 Å². The van der Waals surface area contributed by atoms with Gasteiger partial charge in [0.15, 0.2) is 0 Å². The van der Waals surface area contributed by atoms with E-state index in [-0.39, 0.29) is 0 Å². The Morgan fingerprint density at radius 3 is 2.50 bits per heavy atom. The van der Waals surface area contributed by atoms with Crippen LogP contribution in [0, 0.1) is 5.41 Å². The first-order chi connectivity index (χ1) is 5.77. The molecule has 2 heteroatoms. The van der Waals surface area contributed by atoms with Gasteiger partial charge in [0.1, 0.15) is 0 Å². The minimum atomic E-state index is 0.549. The van der Waals surface area contributed by atoms with E-state index < -0.39 is 0 Å². The number of unbranched alkanes of at least 4 members (excludes halogenated alkanes) is 1. The molecule has 0 spiro atoms. The third kappa shape index (κ3) is 3.11. The maximum absolute atomic E-state index is 5.46. The van der Waals surface area contributed by atoms with E-state index in [1.165, 1.54) is 32.1 Å². The van der Waals surface area contributed by atoms with Crippen LogP contribution in [-0.4, -0.2) is 19.8 Å². The van der Waals surface area contributed by atoms with Gasteiger partial charge in [-0.3, -0.25) is 0 Å². The third-order valence-corrected chi connectivity index (χ3v) is 2.93. The van der Waals surface area contributed by atoms with E-state index in [4.69, 9.17) is 10.5 Å². The zero-order chi connectivity index (χ0) is 8.86. The average Bonchev–Trinajstić information content (AvgIpc) is 2.06. The monoisotopic (exact) mass is 171 g/mol. The van der Waals surface area contributed by atoms with Crippen LogP contribution in [0.1, 0.15) is 39.0 Å². The summed E-state index contributed by atoms with van der Waals surface area (Å²) >= 11 is 0. The molecule has 0 aromatic carbocycles. The van der Waals surface area contributed by atoms with Crippen LogP contribution in [0.25, 0.3) is 0 Å². The molecule has 1 saturated heterocycles. The number of hydrogen-bond acceptors (Lipinski definition) is 2. The van der Waals surface area contributed by atoms with Gasteiger partial charge in [-0.15, -0.1) is 0 Å². The van der Waals surface area contributed by atoms with E-state index in [1.807, 2.05) is 0 Å². The van der Waals surface area contributed by atoms with Gasteiger partial charge >= 0.3 is 0 Å². The molecule has 0 aromatic rings. The largest absolute Gasteiger partial charge is 0.381 e. The van der Waals surface area contributed by atoms with E-state index >= 15 is 0 Å². The smallest absolute Gasteiger partial charge is 0.0471 e. The van der Waals surface area contributed by atoms with Crippen LogP contribution in [0.4, 0.5) is 0 Å². The highest BCUT2D eigenvalue weighted by molar-refractivity contribution is 4.76. The van der Waals surface area contributed by atoms with Crippen molar-refractivity contribution < 1.29 is 4.74 Å². The van der Waals surface area contributed by atoms with E-state index in [2.05, 4.69) is 6.92 Å². The first-order valence-corrected chi connectivity index (χ1v) is 5.05. The molecule has 1 aliphatic heterocycles. The van der Waals surface area contributed by atoms with Crippen molar-refractivity contribution in [2.45, 2.75) is 39.0 Å². The standard InChI is InChI=1S/C10H21NO/c1-10(4-2-3-7-11)5-8-12-9-6-10/h2-9,11H2,1H3. The maximum Gasteiger partial charge on any atom is 0.0471 e.